The van der Waals surface area contributed by atoms with Crippen LogP contribution in [0.3, 0.4) is 0 Å². The van der Waals surface area contributed by atoms with Crippen molar-refractivity contribution in [3.05, 3.63) is 180 Å². The van der Waals surface area contributed by atoms with Crippen LogP contribution in [0.1, 0.15) is 58.1 Å². The summed E-state index contributed by atoms with van der Waals surface area (Å²) in [4.78, 5) is 29.5. The zero-order valence-corrected chi connectivity index (χ0v) is 25.0. The molecule has 5 heterocycles. The molecule has 7 rings (SSSR count). The van der Waals surface area contributed by atoms with Gasteiger partial charge in [0.1, 0.15) is 12.1 Å². The van der Waals surface area contributed by atoms with E-state index in [4.69, 9.17) is 29.9 Å². The van der Waals surface area contributed by atoms with Crippen molar-refractivity contribution in [2.45, 2.75) is 24.2 Å². The molecular formula is C38H32N8. The molecule has 0 spiro atoms. The molecule has 0 fully saturated rings. The van der Waals surface area contributed by atoms with Crippen molar-refractivity contribution in [3.8, 4) is 0 Å². The molecule has 1 aliphatic heterocycles. The molecule has 224 valence electrons. The number of hydrogen-bond acceptors (Lipinski definition) is 8. The molecule has 0 amide bonds. The number of fused-ring (bicyclic) bond motifs is 2. The van der Waals surface area contributed by atoms with E-state index in [0.29, 0.717) is 0 Å². The maximum atomic E-state index is 5.24. The summed E-state index contributed by atoms with van der Waals surface area (Å²) in [6, 6.07) is 38.5. The van der Waals surface area contributed by atoms with E-state index in [1.54, 1.807) is 12.4 Å². The standard InChI is InChI=1S/C38H32N8/c1-3-15-29-27(13-1)25-43-35(31-17-5-9-21-39-31)38(34-20-8-12-24-42-34)46-30-16-4-2-14-28(30)26-44-36(32-18-6-10-22-40-32)37(45-29)33-19-7-11-23-41-33/h1-26,35-38,45-46H/t35-,36-,37-,38-/m0/s1. The molecular weight excluding hydrogens is 568 g/mol. The highest BCUT2D eigenvalue weighted by Gasteiger charge is 2.29. The number of nitrogens with one attached hydrogen (secondary N) is 2. The molecule has 2 aromatic carbocycles. The topological polar surface area (TPSA) is 100 Å². The fraction of sp³-hybridized carbons (Fsp3) is 0.105. The fourth-order valence-electron chi connectivity index (χ4n) is 5.66. The lowest BCUT2D eigenvalue weighted by Crippen LogP contribution is -2.23. The average Bonchev–Trinajstić information content (AvgIpc) is 3.13. The van der Waals surface area contributed by atoms with E-state index in [0.717, 1.165) is 45.3 Å². The van der Waals surface area contributed by atoms with E-state index >= 15 is 0 Å². The predicted octanol–water partition coefficient (Wildman–Crippen LogP) is 7.61. The summed E-state index contributed by atoms with van der Waals surface area (Å²) < 4.78 is 0. The number of aliphatic imine (C=N–C) groups is 2. The van der Waals surface area contributed by atoms with Crippen molar-refractivity contribution >= 4 is 23.8 Å². The predicted molar refractivity (Wildman–Crippen MR) is 183 cm³/mol. The van der Waals surface area contributed by atoms with Gasteiger partial charge in [-0.2, -0.15) is 0 Å². The summed E-state index contributed by atoms with van der Waals surface area (Å²) in [6.45, 7) is 0. The van der Waals surface area contributed by atoms with Gasteiger partial charge in [-0.1, -0.05) is 60.7 Å². The van der Waals surface area contributed by atoms with Crippen molar-refractivity contribution in [1.29, 1.82) is 0 Å². The lowest BCUT2D eigenvalue weighted by molar-refractivity contribution is 0.583. The first-order valence-corrected chi connectivity index (χ1v) is 15.2. The number of nitrogens with zero attached hydrogens (tertiary/aromatic N) is 6. The summed E-state index contributed by atoms with van der Waals surface area (Å²) >= 11 is 0. The van der Waals surface area contributed by atoms with Crippen molar-refractivity contribution in [1.82, 2.24) is 19.9 Å². The third-order valence-electron chi connectivity index (χ3n) is 7.92. The van der Waals surface area contributed by atoms with E-state index in [2.05, 4.69) is 34.9 Å². The molecule has 0 aliphatic carbocycles. The molecule has 0 radical (unpaired) electrons. The normalized spacial score (nSPS) is 19.5. The van der Waals surface area contributed by atoms with Crippen molar-refractivity contribution < 1.29 is 0 Å². The summed E-state index contributed by atoms with van der Waals surface area (Å²) in [7, 11) is 0. The second-order valence-corrected chi connectivity index (χ2v) is 10.9. The molecule has 8 nitrogen and oxygen atoms in total. The molecule has 46 heavy (non-hydrogen) atoms. The van der Waals surface area contributed by atoms with Crippen LogP contribution in [-0.2, 0) is 0 Å². The summed E-state index contributed by atoms with van der Waals surface area (Å²) in [5, 5.41) is 7.57. The largest absolute Gasteiger partial charge is 0.374 e. The SMILES string of the molecule is C1=N[C@@H](c2ccccn2)[C@H](c2ccccn2)Nc2ccccc2C=N[C@@H](c2ccccn2)[C@H](c2ccccn2)Nc2ccccc21. The first-order valence-electron chi connectivity index (χ1n) is 15.2. The van der Waals surface area contributed by atoms with Gasteiger partial charge in [-0.05, 0) is 60.7 Å². The van der Waals surface area contributed by atoms with Crippen LogP contribution in [0.2, 0.25) is 0 Å². The third kappa shape index (κ3) is 6.42. The van der Waals surface area contributed by atoms with E-state index < -0.39 is 12.1 Å². The lowest BCUT2D eigenvalue weighted by atomic mass is 9.98. The van der Waals surface area contributed by atoms with Crippen LogP contribution in [-0.4, -0.2) is 32.4 Å². The van der Waals surface area contributed by atoms with Crippen molar-refractivity contribution in [2.75, 3.05) is 10.6 Å². The first-order chi connectivity index (χ1) is 22.8. The molecule has 4 aromatic heterocycles. The van der Waals surface area contributed by atoms with Gasteiger partial charge in [-0.15, -0.1) is 0 Å². The number of rotatable bonds is 4. The number of aromatic nitrogens is 4. The molecule has 0 unspecified atom stereocenters. The molecule has 0 saturated carbocycles. The molecule has 2 N–H and O–H groups in total. The lowest BCUT2D eigenvalue weighted by Gasteiger charge is -2.28. The van der Waals surface area contributed by atoms with E-state index in [1.165, 1.54) is 0 Å². The number of benzene rings is 2. The third-order valence-corrected chi connectivity index (χ3v) is 7.92. The van der Waals surface area contributed by atoms with Gasteiger partial charge < -0.3 is 10.6 Å². The average molecular weight is 601 g/mol. The van der Waals surface area contributed by atoms with Crippen LogP contribution in [0.15, 0.2) is 156 Å². The molecule has 1 aliphatic rings. The fourth-order valence-corrected chi connectivity index (χ4v) is 5.66. The quantitative estimate of drug-likeness (QED) is 0.216. The molecule has 0 saturated heterocycles. The summed E-state index contributed by atoms with van der Waals surface area (Å²) in [5.41, 5.74) is 6.99. The number of pyridine rings is 4. The zero-order valence-electron chi connectivity index (χ0n) is 25.0. The van der Waals surface area contributed by atoms with E-state index in [9.17, 15) is 0 Å². The van der Waals surface area contributed by atoms with Gasteiger partial charge in [0.2, 0.25) is 0 Å². The molecule has 0 bridgehead atoms. The minimum Gasteiger partial charge on any atom is -0.374 e. The second kappa shape index (κ2) is 13.7. The smallest absolute Gasteiger partial charge is 0.118 e. The van der Waals surface area contributed by atoms with Crippen molar-refractivity contribution in [3.63, 3.8) is 0 Å². The molecule has 8 heteroatoms. The number of hydrogen-bond donors (Lipinski definition) is 2. The van der Waals surface area contributed by atoms with Gasteiger partial charge in [-0.3, -0.25) is 29.9 Å². The Morgan fingerprint density at radius 1 is 0.370 bits per heavy atom. The highest BCUT2D eigenvalue weighted by atomic mass is 15.0. The minimum absolute atomic E-state index is 0.335. The van der Waals surface area contributed by atoms with Gasteiger partial charge in [-0.25, -0.2) is 0 Å². The van der Waals surface area contributed by atoms with Gasteiger partial charge in [0, 0.05) is 59.7 Å². The van der Waals surface area contributed by atoms with Gasteiger partial charge in [0.15, 0.2) is 0 Å². The number of anilines is 2. The van der Waals surface area contributed by atoms with E-state index in [-0.39, 0.29) is 12.1 Å². The Labute approximate surface area is 268 Å². The minimum atomic E-state index is -0.398. The monoisotopic (exact) mass is 600 g/mol. The van der Waals surface area contributed by atoms with Crippen LogP contribution in [0.5, 0.6) is 0 Å². The Balaban J connectivity index is 1.44. The Kier molecular flexibility index (Phi) is 8.58. The maximum Gasteiger partial charge on any atom is 0.118 e. The maximum absolute atomic E-state index is 5.24. The first kappa shape index (κ1) is 28.7. The van der Waals surface area contributed by atoms with E-state index in [1.807, 2.05) is 122 Å². The van der Waals surface area contributed by atoms with Crippen LogP contribution >= 0.6 is 0 Å². The zero-order chi connectivity index (χ0) is 31.0. The summed E-state index contributed by atoms with van der Waals surface area (Å²) in [6.07, 6.45) is 11.1. The molecule has 4 atom stereocenters. The summed E-state index contributed by atoms with van der Waals surface area (Å²) in [5.74, 6) is 0. The van der Waals surface area contributed by atoms with Gasteiger partial charge in [0.25, 0.3) is 0 Å². The van der Waals surface area contributed by atoms with Crippen molar-refractivity contribution in [2.24, 2.45) is 9.98 Å². The van der Waals surface area contributed by atoms with Crippen LogP contribution in [0, 0.1) is 0 Å². The Morgan fingerprint density at radius 3 is 1.09 bits per heavy atom. The van der Waals surface area contributed by atoms with Gasteiger partial charge >= 0.3 is 0 Å². The van der Waals surface area contributed by atoms with Crippen LogP contribution in [0.25, 0.3) is 0 Å². The Morgan fingerprint density at radius 2 is 0.717 bits per heavy atom. The van der Waals surface area contributed by atoms with Gasteiger partial charge in [0.05, 0.1) is 34.9 Å². The highest BCUT2D eigenvalue weighted by Crippen LogP contribution is 2.37. The second-order valence-electron chi connectivity index (χ2n) is 10.9. The highest BCUT2D eigenvalue weighted by molar-refractivity contribution is 5.89. The Hall–Kier alpha value is -6.02. The van der Waals surface area contributed by atoms with Crippen LogP contribution < -0.4 is 10.6 Å². The Bertz CT molecular complexity index is 1770. The molecule has 6 aromatic rings. The van der Waals surface area contributed by atoms with Crippen LogP contribution in [0.4, 0.5) is 11.4 Å². The number of para-hydroxylation sites is 2.